The van der Waals surface area contributed by atoms with Crippen LogP contribution in [0.5, 0.6) is 11.5 Å². The Bertz CT molecular complexity index is 1580. The van der Waals surface area contributed by atoms with Crippen LogP contribution in [0.1, 0.15) is 27.7 Å². The number of hydrogen-bond donors (Lipinski definition) is 1. The number of fused-ring (bicyclic) bond motifs is 1. The van der Waals surface area contributed by atoms with Crippen LogP contribution in [0.15, 0.2) is 66.1 Å². The van der Waals surface area contributed by atoms with Crippen molar-refractivity contribution in [1.82, 2.24) is 9.88 Å². The molecule has 7 nitrogen and oxygen atoms in total. The zero-order chi connectivity index (χ0) is 26.9. The molecule has 0 saturated heterocycles. The second-order valence-corrected chi connectivity index (χ2v) is 9.83. The molecule has 0 atom stereocenters. The van der Waals surface area contributed by atoms with E-state index in [0.717, 1.165) is 28.2 Å². The van der Waals surface area contributed by atoms with Crippen LogP contribution < -0.4 is 20.5 Å². The third-order valence-corrected chi connectivity index (χ3v) is 7.31. The van der Waals surface area contributed by atoms with E-state index in [2.05, 4.69) is 11.9 Å². The largest absolute Gasteiger partial charge is 0.456 e. The molecule has 0 aliphatic rings. The number of ether oxygens (including phenoxy) is 1. The molecule has 0 radical (unpaired) electrons. The average Bonchev–Trinajstić information content (AvgIpc) is 3.34. The molecule has 2 amide bonds. The molecule has 2 aromatic heterocycles. The fourth-order valence-electron chi connectivity index (χ4n) is 4.17. The number of carbonyl (C=O) groups is 2. The van der Waals surface area contributed by atoms with Gasteiger partial charge in [0, 0.05) is 49.0 Å². The predicted octanol–water partition coefficient (Wildman–Crippen LogP) is 5.57. The van der Waals surface area contributed by atoms with Gasteiger partial charge in [0.25, 0.3) is 11.5 Å². The maximum Gasteiger partial charge on any atom is 0.268 e. The highest BCUT2D eigenvalue weighted by molar-refractivity contribution is 7.20. The van der Waals surface area contributed by atoms with Crippen LogP contribution in [0, 0.1) is 13.8 Å². The number of carbonyl (C=O) groups excluding carboxylic acids is 2. The number of para-hydroxylation sites is 1. The fraction of sp³-hybridized carbons (Fsp3) is 0.207. The van der Waals surface area contributed by atoms with E-state index >= 15 is 0 Å². The molecule has 0 bridgehead atoms. The molecule has 0 aliphatic heterocycles. The normalized spacial score (nSPS) is 10.8. The maximum absolute atomic E-state index is 13.0. The van der Waals surface area contributed by atoms with Crippen LogP contribution in [0.4, 0.5) is 5.69 Å². The van der Waals surface area contributed by atoms with Crippen molar-refractivity contribution in [3.63, 3.8) is 0 Å². The van der Waals surface area contributed by atoms with E-state index in [1.807, 2.05) is 51.1 Å². The highest BCUT2D eigenvalue weighted by Gasteiger charge is 2.21. The van der Waals surface area contributed by atoms with Crippen molar-refractivity contribution in [3.8, 4) is 22.6 Å². The average molecular weight is 516 g/mol. The van der Waals surface area contributed by atoms with Gasteiger partial charge in [-0.3, -0.25) is 14.4 Å². The lowest BCUT2D eigenvalue weighted by Gasteiger charge is -2.20. The number of amides is 2. The molecular formula is C29H29N3O4S. The first kappa shape index (κ1) is 25.9. The number of benzene rings is 2. The molecule has 4 aromatic rings. The molecule has 2 aromatic carbocycles. The highest BCUT2D eigenvalue weighted by Crippen LogP contribution is 2.41. The molecule has 0 saturated carbocycles. The Kier molecular flexibility index (Phi) is 7.31. The van der Waals surface area contributed by atoms with Crippen LogP contribution in [0.3, 0.4) is 0 Å². The molecule has 0 unspecified atom stereocenters. The molecule has 0 aliphatic carbocycles. The number of thiophene rings is 1. The van der Waals surface area contributed by atoms with Crippen LogP contribution in [-0.2, 0) is 11.8 Å². The Balaban J connectivity index is 2.00. The second-order valence-electron chi connectivity index (χ2n) is 8.78. The minimum Gasteiger partial charge on any atom is -0.456 e. The summed E-state index contributed by atoms with van der Waals surface area (Å²) in [4.78, 5) is 39.9. The van der Waals surface area contributed by atoms with Gasteiger partial charge in [0.05, 0.1) is 4.88 Å². The number of pyridine rings is 1. The SMILES string of the molecule is C=CC(=O)N(C)c1ccc(Oc2c(C)cccc2C)c(-c2cn(C)c(=O)c3sc(C(=O)NCC)cc23)c1. The van der Waals surface area contributed by atoms with Gasteiger partial charge in [-0.2, -0.15) is 0 Å². The van der Waals surface area contributed by atoms with Crippen molar-refractivity contribution in [2.75, 3.05) is 18.5 Å². The Morgan fingerprint density at radius 1 is 1.14 bits per heavy atom. The summed E-state index contributed by atoms with van der Waals surface area (Å²) in [5.41, 5.74) is 3.81. The van der Waals surface area contributed by atoms with Gasteiger partial charge in [-0.15, -0.1) is 11.3 Å². The number of rotatable bonds is 7. The minimum atomic E-state index is -0.256. The van der Waals surface area contributed by atoms with Gasteiger partial charge in [0.1, 0.15) is 16.2 Å². The molecule has 0 fully saturated rings. The van der Waals surface area contributed by atoms with E-state index in [4.69, 9.17) is 4.74 Å². The van der Waals surface area contributed by atoms with Crippen LogP contribution in [0.25, 0.3) is 21.2 Å². The lowest BCUT2D eigenvalue weighted by molar-refractivity contribution is -0.113. The molecule has 0 spiro atoms. The van der Waals surface area contributed by atoms with Crippen molar-refractivity contribution in [2.24, 2.45) is 7.05 Å². The van der Waals surface area contributed by atoms with Gasteiger partial charge in [0.15, 0.2) is 0 Å². The standard InChI is InChI=1S/C29H29N3O4S/c1-7-25(33)32(6)19-12-13-23(36-26-17(3)10-9-11-18(26)4)20(14-19)22-16-31(5)29(35)27-21(22)15-24(37-27)28(34)30-8-2/h7,9-16H,1,8H2,2-6H3,(H,30,34). The fourth-order valence-corrected chi connectivity index (χ4v) is 5.24. The van der Waals surface area contributed by atoms with Crippen molar-refractivity contribution in [1.29, 1.82) is 0 Å². The summed E-state index contributed by atoms with van der Waals surface area (Å²) in [6.07, 6.45) is 2.99. The van der Waals surface area contributed by atoms with Crippen molar-refractivity contribution in [3.05, 3.63) is 87.7 Å². The van der Waals surface area contributed by atoms with Crippen LogP contribution in [0.2, 0.25) is 0 Å². The Labute approximate surface area is 219 Å². The number of likely N-dealkylation sites (N-methyl/N-ethyl adjacent to an activating group) is 1. The zero-order valence-corrected chi connectivity index (χ0v) is 22.4. The number of nitrogens with zero attached hydrogens (tertiary/aromatic N) is 2. The summed E-state index contributed by atoms with van der Waals surface area (Å²) < 4.78 is 8.45. The molecule has 37 heavy (non-hydrogen) atoms. The molecular weight excluding hydrogens is 486 g/mol. The maximum atomic E-state index is 13.0. The highest BCUT2D eigenvalue weighted by atomic mass is 32.1. The number of hydrogen-bond acceptors (Lipinski definition) is 5. The monoisotopic (exact) mass is 515 g/mol. The van der Waals surface area contributed by atoms with E-state index in [-0.39, 0.29) is 17.4 Å². The van der Waals surface area contributed by atoms with Crippen LogP contribution in [-0.4, -0.2) is 30.0 Å². The number of anilines is 1. The molecule has 2 heterocycles. The third-order valence-electron chi connectivity index (χ3n) is 6.19. The smallest absolute Gasteiger partial charge is 0.268 e. The molecule has 8 heteroatoms. The summed E-state index contributed by atoms with van der Waals surface area (Å²) >= 11 is 1.16. The van der Waals surface area contributed by atoms with Gasteiger partial charge >= 0.3 is 0 Å². The van der Waals surface area contributed by atoms with Gasteiger partial charge < -0.3 is 19.5 Å². The Morgan fingerprint density at radius 2 is 1.84 bits per heavy atom. The summed E-state index contributed by atoms with van der Waals surface area (Å²) in [6.45, 7) is 9.88. The Morgan fingerprint density at radius 3 is 2.49 bits per heavy atom. The zero-order valence-electron chi connectivity index (χ0n) is 21.5. The topological polar surface area (TPSA) is 80.6 Å². The van der Waals surface area contributed by atoms with Crippen molar-refractivity contribution in [2.45, 2.75) is 20.8 Å². The van der Waals surface area contributed by atoms with E-state index < -0.39 is 0 Å². The number of aryl methyl sites for hydroxylation is 3. The summed E-state index contributed by atoms with van der Waals surface area (Å²) in [6, 6.07) is 13.2. The lowest BCUT2D eigenvalue weighted by atomic mass is 10.0. The summed E-state index contributed by atoms with van der Waals surface area (Å²) in [7, 11) is 3.35. The Hall–Kier alpha value is -4.17. The first-order valence-electron chi connectivity index (χ1n) is 11.9. The third kappa shape index (κ3) is 4.93. The lowest BCUT2D eigenvalue weighted by Crippen LogP contribution is -2.23. The van der Waals surface area contributed by atoms with Crippen molar-refractivity contribution >= 4 is 38.9 Å². The summed E-state index contributed by atoms with van der Waals surface area (Å²) in [5.74, 6) is 0.815. The van der Waals surface area contributed by atoms with Gasteiger partial charge in [-0.05, 0) is 62.2 Å². The van der Waals surface area contributed by atoms with Crippen LogP contribution >= 0.6 is 11.3 Å². The first-order valence-corrected chi connectivity index (χ1v) is 12.7. The molecule has 1 N–H and O–H groups in total. The van der Waals surface area contributed by atoms with Gasteiger partial charge in [-0.25, -0.2) is 0 Å². The van der Waals surface area contributed by atoms with Gasteiger partial charge in [0.2, 0.25) is 5.91 Å². The predicted molar refractivity (Wildman–Crippen MR) is 150 cm³/mol. The molecule has 4 rings (SSSR count). The van der Waals surface area contributed by atoms with E-state index in [1.54, 1.807) is 32.4 Å². The second kappa shape index (κ2) is 10.4. The van der Waals surface area contributed by atoms with E-state index in [1.165, 1.54) is 15.5 Å². The number of aromatic nitrogens is 1. The quantitative estimate of drug-likeness (QED) is 0.326. The minimum absolute atomic E-state index is 0.188. The summed E-state index contributed by atoms with van der Waals surface area (Å²) in [5, 5.41) is 3.45. The van der Waals surface area contributed by atoms with E-state index in [0.29, 0.717) is 44.1 Å². The van der Waals surface area contributed by atoms with Gasteiger partial charge in [-0.1, -0.05) is 24.8 Å². The van der Waals surface area contributed by atoms with E-state index in [9.17, 15) is 14.4 Å². The number of nitrogens with one attached hydrogen (secondary N) is 1. The molecule has 190 valence electrons. The van der Waals surface area contributed by atoms with Crippen molar-refractivity contribution < 1.29 is 14.3 Å². The first-order chi connectivity index (χ1) is 17.7.